The highest BCUT2D eigenvalue weighted by Gasteiger charge is 2.43. The predicted octanol–water partition coefficient (Wildman–Crippen LogP) is 4.27. The molecule has 0 bridgehead atoms. The highest BCUT2D eigenvalue weighted by atomic mass is 16.6. The van der Waals surface area contributed by atoms with Gasteiger partial charge < -0.3 is 15.4 Å². The molecule has 2 amide bonds. The zero-order valence-electron chi connectivity index (χ0n) is 18.2. The molecule has 0 spiro atoms. The van der Waals surface area contributed by atoms with Gasteiger partial charge in [0.1, 0.15) is 5.60 Å². The molecule has 1 heterocycles. The molecule has 1 atom stereocenters. The molecule has 29 heavy (non-hydrogen) atoms. The van der Waals surface area contributed by atoms with Gasteiger partial charge in [-0.05, 0) is 78.0 Å². The van der Waals surface area contributed by atoms with Gasteiger partial charge >= 0.3 is 6.09 Å². The van der Waals surface area contributed by atoms with Crippen molar-refractivity contribution < 1.29 is 14.3 Å². The van der Waals surface area contributed by atoms with E-state index in [0.717, 1.165) is 29.3 Å². The first-order chi connectivity index (χ1) is 13.5. The zero-order valence-corrected chi connectivity index (χ0v) is 18.2. The summed E-state index contributed by atoms with van der Waals surface area (Å²) in [4.78, 5) is 29.8. The molecule has 1 aromatic carbocycles. The Morgan fingerprint density at radius 1 is 1.14 bits per heavy atom. The first-order valence-corrected chi connectivity index (χ1v) is 10.1. The van der Waals surface area contributed by atoms with Crippen LogP contribution in [-0.2, 0) is 4.74 Å². The second-order valence-electron chi connectivity index (χ2n) is 9.32. The van der Waals surface area contributed by atoms with Crippen LogP contribution in [0.5, 0.6) is 0 Å². The van der Waals surface area contributed by atoms with Gasteiger partial charge in [0.15, 0.2) is 0 Å². The maximum atomic E-state index is 13.1. The van der Waals surface area contributed by atoms with Crippen LogP contribution in [0.15, 0.2) is 24.3 Å². The normalized spacial score (nSPS) is 16.2. The molecular formula is C23H31N3O3. The minimum Gasteiger partial charge on any atom is -0.444 e. The standard InChI is InChI=1S/C23H31N3O3/c1-14-7-8-16-12-18(15(2)25-19(16)11-14)20(27)26-23(6,17-9-10-17)13-24-21(28)29-22(3,4)5/h7-8,11-12,17H,9-10,13H2,1-6H3,(H,24,28)(H,26,27). The lowest BCUT2D eigenvalue weighted by Gasteiger charge is -2.32. The van der Waals surface area contributed by atoms with E-state index in [1.807, 2.05) is 65.8 Å². The third-order valence-corrected chi connectivity index (χ3v) is 5.28. The lowest BCUT2D eigenvalue weighted by atomic mass is 9.94. The molecule has 1 unspecified atom stereocenters. The average molecular weight is 398 g/mol. The second kappa shape index (κ2) is 7.65. The van der Waals surface area contributed by atoms with Crippen molar-refractivity contribution in [2.75, 3.05) is 6.54 Å². The zero-order chi connectivity index (χ0) is 21.4. The van der Waals surface area contributed by atoms with Crippen LogP contribution in [0.1, 0.15) is 62.2 Å². The van der Waals surface area contributed by atoms with Crippen LogP contribution in [-0.4, -0.2) is 34.7 Å². The van der Waals surface area contributed by atoms with Crippen LogP contribution in [0.25, 0.3) is 10.9 Å². The number of nitrogens with zero attached hydrogens (tertiary/aromatic N) is 1. The first-order valence-electron chi connectivity index (χ1n) is 10.1. The Bertz CT molecular complexity index is 944. The summed E-state index contributed by atoms with van der Waals surface area (Å²) in [6.45, 7) is 11.6. The number of carbonyl (C=O) groups excluding carboxylic acids is 2. The number of alkyl carbamates (subject to hydrolysis) is 1. The van der Waals surface area contributed by atoms with Crippen molar-refractivity contribution >= 4 is 22.9 Å². The van der Waals surface area contributed by atoms with E-state index in [2.05, 4.69) is 15.6 Å². The van der Waals surface area contributed by atoms with Crippen molar-refractivity contribution in [1.82, 2.24) is 15.6 Å². The first kappa shape index (κ1) is 21.1. The molecule has 1 saturated carbocycles. The van der Waals surface area contributed by atoms with E-state index in [1.54, 1.807) is 0 Å². The van der Waals surface area contributed by atoms with Gasteiger partial charge in [0.25, 0.3) is 5.91 Å². The van der Waals surface area contributed by atoms with E-state index in [0.29, 0.717) is 23.7 Å². The fourth-order valence-electron chi connectivity index (χ4n) is 3.51. The topological polar surface area (TPSA) is 80.3 Å². The van der Waals surface area contributed by atoms with E-state index in [1.165, 1.54) is 0 Å². The number of aryl methyl sites for hydroxylation is 2. The summed E-state index contributed by atoms with van der Waals surface area (Å²) in [6, 6.07) is 7.91. The van der Waals surface area contributed by atoms with Crippen molar-refractivity contribution in [2.45, 2.75) is 65.5 Å². The summed E-state index contributed by atoms with van der Waals surface area (Å²) >= 11 is 0. The number of amides is 2. The molecule has 1 aliphatic rings. The summed E-state index contributed by atoms with van der Waals surface area (Å²) in [5.74, 6) is 0.163. The molecule has 156 valence electrons. The molecule has 3 rings (SSSR count). The van der Waals surface area contributed by atoms with Gasteiger partial charge in [0.05, 0.1) is 22.3 Å². The Morgan fingerprint density at radius 2 is 1.83 bits per heavy atom. The van der Waals surface area contributed by atoms with Crippen molar-refractivity contribution in [1.29, 1.82) is 0 Å². The van der Waals surface area contributed by atoms with Crippen molar-refractivity contribution in [3.63, 3.8) is 0 Å². The highest BCUT2D eigenvalue weighted by Crippen LogP contribution is 2.39. The second-order valence-corrected chi connectivity index (χ2v) is 9.32. The molecular weight excluding hydrogens is 366 g/mol. The molecule has 6 nitrogen and oxygen atoms in total. The van der Waals surface area contributed by atoms with Crippen LogP contribution in [0.4, 0.5) is 4.79 Å². The minimum absolute atomic E-state index is 0.169. The van der Waals surface area contributed by atoms with Gasteiger partial charge in [-0.15, -0.1) is 0 Å². The molecule has 0 aliphatic heterocycles. The van der Waals surface area contributed by atoms with Gasteiger partial charge in [-0.25, -0.2) is 4.79 Å². The van der Waals surface area contributed by atoms with Crippen LogP contribution in [0, 0.1) is 19.8 Å². The Labute approximate surface area is 172 Å². The predicted molar refractivity (Wildman–Crippen MR) is 114 cm³/mol. The number of hydrogen-bond donors (Lipinski definition) is 2. The van der Waals surface area contributed by atoms with Crippen LogP contribution in [0.2, 0.25) is 0 Å². The van der Waals surface area contributed by atoms with Crippen LogP contribution >= 0.6 is 0 Å². The van der Waals surface area contributed by atoms with E-state index >= 15 is 0 Å². The number of carbonyl (C=O) groups is 2. The number of benzene rings is 1. The van der Waals surface area contributed by atoms with Gasteiger partial charge in [-0.3, -0.25) is 9.78 Å². The molecule has 0 radical (unpaired) electrons. The van der Waals surface area contributed by atoms with Gasteiger partial charge in [0, 0.05) is 11.9 Å². The Hall–Kier alpha value is -2.63. The maximum Gasteiger partial charge on any atom is 0.407 e. The molecule has 2 aromatic rings. The van der Waals surface area contributed by atoms with Crippen LogP contribution in [0.3, 0.4) is 0 Å². The Kier molecular flexibility index (Phi) is 5.57. The fraction of sp³-hybridized carbons (Fsp3) is 0.522. The SMILES string of the molecule is Cc1ccc2cc(C(=O)NC(C)(CNC(=O)OC(C)(C)C)C3CC3)c(C)nc2c1. The lowest BCUT2D eigenvalue weighted by Crippen LogP contribution is -2.55. The molecule has 0 saturated heterocycles. The summed E-state index contributed by atoms with van der Waals surface area (Å²) in [6.07, 6.45) is 1.58. The summed E-state index contributed by atoms with van der Waals surface area (Å²) in [5, 5.41) is 6.91. The molecule has 6 heteroatoms. The minimum atomic E-state index is -0.560. The number of aromatic nitrogens is 1. The van der Waals surface area contributed by atoms with E-state index < -0.39 is 17.2 Å². The number of nitrogens with one attached hydrogen (secondary N) is 2. The molecule has 1 aliphatic carbocycles. The van der Waals surface area contributed by atoms with E-state index in [9.17, 15) is 9.59 Å². The van der Waals surface area contributed by atoms with E-state index in [4.69, 9.17) is 4.74 Å². The molecule has 2 N–H and O–H groups in total. The summed E-state index contributed by atoms with van der Waals surface area (Å²) in [7, 11) is 0. The monoisotopic (exact) mass is 397 g/mol. The highest BCUT2D eigenvalue weighted by molar-refractivity contribution is 5.99. The van der Waals surface area contributed by atoms with Gasteiger partial charge in [-0.1, -0.05) is 12.1 Å². The lowest BCUT2D eigenvalue weighted by molar-refractivity contribution is 0.0502. The van der Waals surface area contributed by atoms with Gasteiger partial charge in [0.2, 0.25) is 0 Å². The van der Waals surface area contributed by atoms with Crippen molar-refractivity contribution in [3.8, 4) is 0 Å². The Morgan fingerprint density at radius 3 is 2.45 bits per heavy atom. The summed E-state index contributed by atoms with van der Waals surface area (Å²) in [5.41, 5.74) is 2.18. The van der Waals surface area contributed by atoms with Crippen molar-refractivity contribution in [2.24, 2.45) is 5.92 Å². The smallest absolute Gasteiger partial charge is 0.407 e. The summed E-state index contributed by atoms with van der Waals surface area (Å²) < 4.78 is 5.33. The molecule has 1 fully saturated rings. The van der Waals surface area contributed by atoms with Crippen molar-refractivity contribution in [3.05, 3.63) is 41.1 Å². The maximum absolute atomic E-state index is 13.1. The number of pyridine rings is 1. The van der Waals surface area contributed by atoms with Crippen LogP contribution < -0.4 is 10.6 Å². The molecule has 1 aromatic heterocycles. The number of fused-ring (bicyclic) bond motifs is 1. The number of hydrogen-bond acceptors (Lipinski definition) is 4. The average Bonchev–Trinajstić information content (AvgIpc) is 3.43. The third-order valence-electron chi connectivity index (χ3n) is 5.28. The third kappa shape index (κ3) is 5.25. The quantitative estimate of drug-likeness (QED) is 0.789. The van der Waals surface area contributed by atoms with Gasteiger partial charge in [-0.2, -0.15) is 0 Å². The van der Waals surface area contributed by atoms with E-state index in [-0.39, 0.29) is 5.91 Å². The number of rotatable bonds is 5. The fourth-order valence-corrected chi connectivity index (χ4v) is 3.51. The largest absolute Gasteiger partial charge is 0.444 e. The number of ether oxygens (including phenoxy) is 1. The Balaban J connectivity index is 1.76.